The first-order valence-corrected chi connectivity index (χ1v) is 6.65. The van der Waals surface area contributed by atoms with Crippen molar-refractivity contribution in [2.75, 3.05) is 0 Å². The van der Waals surface area contributed by atoms with Crippen LogP contribution in [0.25, 0.3) is 0 Å². The van der Waals surface area contributed by atoms with Crippen LogP contribution in [0.1, 0.15) is 36.5 Å². The molecule has 0 heterocycles. The van der Waals surface area contributed by atoms with Gasteiger partial charge in [-0.1, -0.05) is 29.3 Å². The van der Waals surface area contributed by atoms with Gasteiger partial charge in [-0.25, -0.2) is 4.79 Å². The van der Waals surface area contributed by atoms with E-state index in [9.17, 15) is 9.59 Å². The van der Waals surface area contributed by atoms with E-state index in [-0.39, 0.29) is 21.4 Å². The number of hydrogen-bond donors (Lipinski definition) is 0. The number of Topliss-reactive ketones (excluding diaryl/α,β-unsaturated/α-hetero) is 1. The van der Waals surface area contributed by atoms with Crippen LogP contribution in [-0.2, 0) is 9.53 Å². The molecule has 3 nitrogen and oxygen atoms in total. The van der Waals surface area contributed by atoms with E-state index in [1.165, 1.54) is 0 Å². The monoisotopic (exact) mass is 298 g/mol. The Morgan fingerprint density at radius 1 is 1.21 bits per heavy atom. The highest BCUT2D eigenvalue weighted by Crippen LogP contribution is 2.28. The third-order valence-electron chi connectivity index (χ3n) is 3.03. The van der Waals surface area contributed by atoms with Gasteiger partial charge in [-0.05, 0) is 25.5 Å². The van der Waals surface area contributed by atoms with Crippen LogP contribution in [0.2, 0.25) is 10.0 Å². The lowest BCUT2D eigenvalue weighted by Crippen LogP contribution is -2.15. The Kier molecular flexibility index (Phi) is 4.27. The molecule has 0 saturated carbocycles. The molecule has 0 radical (unpaired) electrons. The molecule has 19 heavy (non-hydrogen) atoms. The van der Waals surface area contributed by atoms with Gasteiger partial charge in [-0.15, -0.1) is 0 Å². The highest BCUT2D eigenvalue weighted by atomic mass is 35.5. The number of benzene rings is 1. The van der Waals surface area contributed by atoms with Gasteiger partial charge in [-0.3, -0.25) is 4.79 Å². The highest BCUT2D eigenvalue weighted by Gasteiger charge is 2.23. The van der Waals surface area contributed by atoms with E-state index in [1.807, 2.05) is 0 Å². The van der Waals surface area contributed by atoms with E-state index in [1.54, 1.807) is 25.1 Å². The summed E-state index contributed by atoms with van der Waals surface area (Å²) < 4.78 is 5.27. The van der Waals surface area contributed by atoms with Crippen LogP contribution >= 0.6 is 23.2 Å². The van der Waals surface area contributed by atoms with Crippen LogP contribution in [0.3, 0.4) is 0 Å². The first-order chi connectivity index (χ1) is 9.00. The summed E-state index contributed by atoms with van der Waals surface area (Å²) in [7, 11) is 0. The summed E-state index contributed by atoms with van der Waals surface area (Å²) in [4.78, 5) is 23.6. The maximum absolute atomic E-state index is 12.1. The topological polar surface area (TPSA) is 43.4 Å². The van der Waals surface area contributed by atoms with Crippen LogP contribution in [0.5, 0.6) is 0 Å². The number of hydrogen-bond acceptors (Lipinski definition) is 3. The summed E-state index contributed by atoms with van der Waals surface area (Å²) in [5, 5.41) is 0.468. The van der Waals surface area contributed by atoms with E-state index in [2.05, 4.69) is 0 Å². The first kappa shape index (κ1) is 14.1. The predicted octanol–water partition coefficient (Wildman–Crippen LogP) is 4.18. The second kappa shape index (κ2) is 5.76. The molecule has 0 aliphatic heterocycles. The fraction of sp³-hybridized carbons (Fsp3) is 0.286. The minimum absolute atomic E-state index is 0.0132. The van der Waals surface area contributed by atoms with Crippen molar-refractivity contribution in [1.29, 1.82) is 0 Å². The molecular weight excluding hydrogens is 287 g/mol. The number of allylic oxidation sites excluding steroid dienone is 2. The average Bonchev–Trinajstić information content (AvgIpc) is 2.35. The lowest BCUT2D eigenvalue weighted by atomic mass is 9.97. The van der Waals surface area contributed by atoms with Crippen LogP contribution in [0.4, 0.5) is 0 Å². The van der Waals surface area contributed by atoms with E-state index in [0.717, 1.165) is 0 Å². The Morgan fingerprint density at radius 3 is 2.47 bits per heavy atom. The Morgan fingerprint density at radius 2 is 1.84 bits per heavy atom. The molecule has 100 valence electrons. The lowest BCUT2D eigenvalue weighted by molar-refractivity contribution is -0.116. The van der Waals surface area contributed by atoms with Crippen molar-refractivity contribution in [3.05, 3.63) is 45.1 Å². The maximum atomic E-state index is 12.1. The van der Waals surface area contributed by atoms with Crippen LogP contribution in [0.15, 0.2) is 29.5 Å². The Balaban J connectivity index is 2.27. The molecule has 2 rings (SSSR count). The molecule has 0 bridgehead atoms. The van der Waals surface area contributed by atoms with Gasteiger partial charge in [0.25, 0.3) is 0 Å². The standard InChI is InChI=1S/C14H12Cl2O3/c1-8-11(17)6-3-7-12(8)19-14(18)13-9(15)4-2-5-10(13)16/h2,4-5H,3,6-7H2,1H3. The quantitative estimate of drug-likeness (QED) is 0.769. The molecule has 0 amide bonds. The minimum Gasteiger partial charge on any atom is -0.427 e. The predicted molar refractivity (Wildman–Crippen MR) is 73.4 cm³/mol. The highest BCUT2D eigenvalue weighted by molar-refractivity contribution is 6.39. The van der Waals surface area contributed by atoms with Crippen LogP contribution in [0, 0.1) is 0 Å². The third-order valence-corrected chi connectivity index (χ3v) is 3.66. The number of ketones is 1. The van der Waals surface area contributed by atoms with E-state index in [4.69, 9.17) is 27.9 Å². The number of rotatable bonds is 2. The number of esters is 1. The molecule has 1 aromatic rings. The SMILES string of the molecule is CC1=C(OC(=O)c2c(Cl)cccc2Cl)CCCC1=O. The van der Waals surface area contributed by atoms with Crippen molar-refractivity contribution >= 4 is 35.0 Å². The van der Waals surface area contributed by atoms with Gasteiger partial charge in [0.15, 0.2) is 5.78 Å². The van der Waals surface area contributed by atoms with Crippen molar-refractivity contribution in [2.24, 2.45) is 0 Å². The molecule has 1 aliphatic rings. The summed E-state index contributed by atoms with van der Waals surface area (Å²) >= 11 is 11.9. The van der Waals surface area contributed by atoms with Crippen LogP contribution < -0.4 is 0 Å². The van der Waals surface area contributed by atoms with Crippen LogP contribution in [-0.4, -0.2) is 11.8 Å². The van der Waals surface area contributed by atoms with Crippen molar-refractivity contribution < 1.29 is 14.3 Å². The zero-order chi connectivity index (χ0) is 14.0. The molecule has 1 aliphatic carbocycles. The zero-order valence-corrected chi connectivity index (χ0v) is 11.8. The number of ether oxygens (including phenoxy) is 1. The number of carbonyl (C=O) groups excluding carboxylic acids is 2. The van der Waals surface area contributed by atoms with E-state index < -0.39 is 5.97 Å². The van der Waals surface area contributed by atoms with E-state index in [0.29, 0.717) is 30.6 Å². The summed E-state index contributed by atoms with van der Waals surface area (Å²) in [6, 6.07) is 4.78. The van der Waals surface area contributed by atoms with Gasteiger partial charge >= 0.3 is 5.97 Å². The third kappa shape index (κ3) is 2.99. The first-order valence-electron chi connectivity index (χ1n) is 5.90. The molecule has 0 spiro atoms. The molecule has 5 heteroatoms. The Hall–Kier alpha value is -1.32. The summed E-state index contributed by atoms with van der Waals surface area (Å²) in [5.74, 6) is -0.198. The average molecular weight is 299 g/mol. The Labute approximate surface area is 121 Å². The Bertz CT molecular complexity index is 556. The molecule has 0 saturated heterocycles. The normalized spacial score (nSPS) is 15.6. The van der Waals surface area contributed by atoms with Crippen molar-refractivity contribution in [1.82, 2.24) is 0 Å². The van der Waals surface area contributed by atoms with Gasteiger partial charge in [0.2, 0.25) is 0 Å². The van der Waals surface area contributed by atoms with Gasteiger partial charge in [0.05, 0.1) is 15.6 Å². The van der Waals surface area contributed by atoms with Crippen molar-refractivity contribution in [2.45, 2.75) is 26.2 Å². The molecule has 0 aromatic heterocycles. The van der Waals surface area contributed by atoms with Crippen molar-refractivity contribution in [3.8, 4) is 0 Å². The lowest BCUT2D eigenvalue weighted by Gasteiger charge is -2.17. The fourth-order valence-corrected chi connectivity index (χ4v) is 2.48. The maximum Gasteiger partial charge on any atom is 0.346 e. The van der Waals surface area contributed by atoms with Gasteiger partial charge < -0.3 is 4.74 Å². The second-order valence-corrected chi connectivity index (χ2v) is 5.13. The van der Waals surface area contributed by atoms with Crippen molar-refractivity contribution in [3.63, 3.8) is 0 Å². The molecular formula is C14H12Cl2O3. The molecule has 0 atom stereocenters. The minimum atomic E-state index is -0.625. The summed E-state index contributed by atoms with van der Waals surface area (Å²) in [5.41, 5.74) is 0.631. The molecule has 0 N–H and O–H groups in total. The summed E-state index contributed by atoms with van der Waals surface area (Å²) in [6.07, 6.45) is 1.76. The molecule has 0 unspecified atom stereocenters. The van der Waals surface area contributed by atoms with Gasteiger partial charge in [0, 0.05) is 18.4 Å². The number of halogens is 2. The second-order valence-electron chi connectivity index (χ2n) is 4.31. The molecule has 0 fully saturated rings. The van der Waals surface area contributed by atoms with E-state index >= 15 is 0 Å². The zero-order valence-electron chi connectivity index (χ0n) is 10.3. The van der Waals surface area contributed by atoms with Gasteiger partial charge in [-0.2, -0.15) is 0 Å². The molecule has 1 aromatic carbocycles. The fourth-order valence-electron chi connectivity index (χ4n) is 1.92. The smallest absolute Gasteiger partial charge is 0.346 e. The van der Waals surface area contributed by atoms with Gasteiger partial charge in [0.1, 0.15) is 5.76 Å². The summed E-state index contributed by atoms with van der Waals surface area (Å²) in [6.45, 7) is 1.66. The number of carbonyl (C=O) groups is 2. The largest absolute Gasteiger partial charge is 0.427 e.